The summed E-state index contributed by atoms with van der Waals surface area (Å²) < 4.78 is 4.87. The van der Waals surface area contributed by atoms with Crippen LogP contribution in [0.4, 0.5) is 0 Å². The number of fused-ring (bicyclic) bond motifs is 1. The second-order valence-corrected chi connectivity index (χ2v) is 2.81. The minimum Gasteiger partial charge on any atom is -0.359 e. The van der Waals surface area contributed by atoms with E-state index in [9.17, 15) is 0 Å². The van der Waals surface area contributed by atoms with Crippen LogP contribution in [-0.4, -0.2) is 15.1 Å². The van der Waals surface area contributed by atoms with Crippen molar-refractivity contribution in [1.82, 2.24) is 15.1 Å². The molecule has 0 aliphatic carbocycles. The van der Waals surface area contributed by atoms with Gasteiger partial charge in [0.15, 0.2) is 5.52 Å². The molecule has 0 bridgehead atoms. The molecule has 0 aliphatic heterocycles. The van der Waals surface area contributed by atoms with E-state index in [2.05, 4.69) is 15.1 Å². The lowest BCUT2D eigenvalue weighted by molar-refractivity contribution is 0.411. The van der Waals surface area contributed by atoms with Gasteiger partial charge in [0.2, 0.25) is 0 Å². The van der Waals surface area contributed by atoms with Gasteiger partial charge in [-0.3, -0.25) is 0 Å². The van der Waals surface area contributed by atoms with Crippen LogP contribution in [-0.2, 0) is 0 Å². The van der Waals surface area contributed by atoms with Crippen LogP contribution in [0.3, 0.4) is 0 Å². The Bertz CT molecular complexity index is 360. The first-order valence-electron chi connectivity index (χ1n) is 3.57. The molecule has 1 N–H and O–H groups in total. The van der Waals surface area contributed by atoms with Gasteiger partial charge in [0.05, 0.1) is 6.20 Å². The summed E-state index contributed by atoms with van der Waals surface area (Å²) in [5.41, 5.74) is 1.53. The molecule has 0 radical (unpaired) electrons. The zero-order valence-corrected chi connectivity index (χ0v) is 6.46. The summed E-state index contributed by atoms with van der Waals surface area (Å²) in [6.45, 7) is 4.10. The monoisotopic (exact) mass is 151 g/mol. The SMILES string of the molecule is CC(C)c1ncc2[nH]oc2n1. The lowest BCUT2D eigenvalue weighted by Gasteiger charge is -2.04. The van der Waals surface area contributed by atoms with Gasteiger partial charge in [0.1, 0.15) is 5.82 Å². The zero-order chi connectivity index (χ0) is 7.84. The highest BCUT2D eigenvalue weighted by Gasteiger charge is 2.07. The number of aromatic nitrogens is 3. The smallest absolute Gasteiger partial charge is 0.275 e. The summed E-state index contributed by atoms with van der Waals surface area (Å²) in [5.74, 6) is 1.18. The molecule has 0 fully saturated rings. The summed E-state index contributed by atoms with van der Waals surface area (Å²) in [6, 6.07) is 0. The fourth-order valence-corrected chi connectivity index (χ4v) is 0.862. The van der Waals surface area contributed by atoms with E-state index in [-0.39, 0.29) is 0 Å². The zero-order valence-electron chi connectivity index (χ0n) is 6.46. The third-order valence-electron chi connectivity index (χ3n) is 1.55. The lowest BCUT2D eigenvalue weighted by atomic mass is 10.2. The van der Waals surface area contributed by atoms with Gasteiger partial charge in [-0.25, -0.2) is 10.1 Å². The predicted molar refractivity (Wildman–Crippen MR) is 40.2 cm³/mol. The molecule has 0 atom stereocenters. The summed E-state index contributed by atoms with van der Waals surface area (Å²) in [5, 5.41) is 2.63. The van der Waals surface area contributed by atoms with Crippen molar-refractivity contribution >= 4 is 11.2 Å². The molecule has 0 spiro atoms. The molecular formula is C7H9N3O. The highest BCUT2D eigenvalue weighted by molar-refractivity contribution is 5.66. The van der Waals surface area contributed by atoms with Gasteiger partial charge in [-0.1, -0.05) is 13.8 Å². The van der Waals surface area contributed by atoms with Gasteiger partial charge in [-0.05, 0) is 0 Å². The number of hydrogen-bond donors (Lipinski definition) is 1. The third-order valence-corrected chi connectivity index (χ3v) is 1.55. The highest BCUT2D eigenvalue weighted by Crippen LogP contribution is 2.14. The number of nitrogens with one attached hydrogen (secondary N) is 1. The molecule has 2 aromatic heterocycles. The Morgan fingerprint density at radius 3 is 2.82 bits per heavy atom. The maximum absolute atomic E-state index is 4.87. The van der Waals surface area contributed by atoms with Crippen molar-refractivity contribution in [3.63, 3.8) is 0 Å². The van der Waals surface area contributed by atoms with Crippen LogP contribution in [0, 0.1) is 0 Å². The van der Waals surface area contributed by atoms with Gasteiger partial charge in [0, 0.05) is 5.92 Å². The maximum atomic E-state index is 4.87. The Morgan fingerprint density at radius 1 is 1.55 bits per heavy atom. The first-order chi connectivity index (χ1) is 5.27. The number of nitrogens with zero attached hydrogens (tertiary/aromatic N) is 2. The van der Waals surface area contributed by atoms with Gasteiger partial charge >= 0.3 is 0 Å². The van der Waals surface area contributed by atoms with Crippen LogP contribution in [0.1, 0.15) is 25.6 Å². The largest absolute Gasteiger partial charge is 0.359 e. The van der Waals surface area contributed by atoms with E-state index in [0.717, 1.165) is 11.3 Å². The van der Waals surface area contributed by atoms with E-state index in [4.69, 9.17) is 4.52 Å². The van der Waals surface area contributed by atoms with Gasteiger partial charge in [0.25, 0.3) is 5.71 Å². The van der Waals surface area contributed by atoms with Crippen molar-refractivity contribution in [2.45, 2.75) is 19.8 Å². The van der Waals surface area contributed by atoms with E-state index in [0.29, 0.717) is 11.6 Å². The van der Waals surface area contributed by atoms with Crippen LogP contribution < -0.4 is 0 Å². The molecule has 58 valence electrons. The van der Waals surface area contributed by atoms with E-state index in [1.807, 2.05) is 13.8 Å². The molecule has 2 aromatic rings. The minimum atomic E-state index is 0.351. The first kappa shape index (κ1) is 6.39. The van der Waals surface area contributed by atoms with E-state index in [1.165, 1.54) is 0 Å². The molecule has 0 saturated heterocycles. The van der Waals surface area contributed by atoms with E-state index >= 15 is 0 Å². The van der Waals surface area contributed by atoms with Crippen molar-refractivity contribution < 1.29 is 4.52 Å². The predicted octanol–water partition coefficient (Wildman–Crippen LogP) is 1.67. The maximum Gasteiger partial charge on any atom is 0.275 e. The minimum absolute atomic E-state index is 0.351. The lowest BCUT2D eigenvalue weighted by Crippen LogP contribution is -1.99. The van der Waals surface area contributed by atoms with Crippen molar-refractivity contribution in [2.24, 2.45) is 0 Å². The standard InChI is InChI=1S/C7H9N3O/c1-4(2)6-8-3-5-7(9-6)11-10-5/h3-4,10H,1-2H3. The normalized spacial score (nSPS) is 11.5. The molecular weight excluding hydrogens is 142 g/mol. The fraction of sp³-hybridized carbons (Fsp3) is 0.429. The van der Waals surface area contributed by atoms with Gasteiger partial charge < -0.3 is 4.52 Å². The molecule has 0 amide bonds. The van der Waals surface area contributed by atoms with Crippen molar-refractivity contribution in [3.05, 3.63) is 12.0 Å². The number of rotatable bonds is 1. The second kappa shape index (κ2) is 2.08. The molecule has 0 aliphatic rings. The fourth-order valence-electron chi connectivity index (χ4n) is 0.862. The average molecular weight is 151 g/mol. The summed E-state index contributed by atoms with van der Waals surface area (Å²) in [7, 11) is 0. The van der Waals surface area contributed by atoms with Crippen molar-refractivity contribution in [2.75, 3.05) is 0 Å². The quantitative estimate of drug-likeness (QED) is 0.674. The molecule has 0 aromatic carbocycles. The molecule has 4 nitrogen and oxygen atoms in total. The topological polar surface area (TPSA) is 54.7 Å². The van der Waals surface area contributed by atoms with Crippen LogP contribution >= 0.6 is 0 Å². The number of aromatic amines is 1. The van der Waals surface area contributed by atoms with E-state index < -0.39 is 0 Å². The van der Waals surface area contributed by atoms with Crippen LogP contribution in [0.15, 0.2) is 10.7 Å². The van der Waals surface area contributed by atoms with Crippen LogP contribution in [0.5, 0.6) is 0 Å². The summed E-state index contributed by atoms with van der Waals surface area (Å²) in [6.07, 6.45) is 1.74. The molecule has 4 heteroatoms. The highest BCUT2D eigenvalue weighted by atomic mass is 16.5. The molecule has 2 rings (SSSR count). The number of hydrogen-bond acceptors (Lipinski definition) is 3. The third kappa shape index (κ3) is 0.906. The Balaban J connectivity index is 2.51. The molecule has 2 heterocycles. The molecule has 0 unspecified atom stereocenters. The Morgan fingerprint density at radius 2 is 2.36 bits per heavy atom. The summed E-state index contributed by atoms with van der Waals surface area (Å²) >= 11 is 0. The van der Waals surface area contributed by atoms with Gasteiger partial charge in [-0.15, -0.1) is 0 Å². The van der Waals surface area contributed by atoms with Gasteiger partial charge in [-0.2, -0.15) is 4.98 Å². The van der Waals surface area contributed by atoms with Crippen molar-refractivity contribution in [3.8, 4) is 0 Å². The number of H-pyrrole nitrogens is 1. The van der Waals surface area contributed by atoms with Crippen LogP contribution in [0.25, 0.3) is 11.2 Å². The summed E-state index contributed by atoms with van der Waals surface area (Å²) in [4.78, 5) is 8.30. The van der Waals surface area contributed by atoms with Crippen LogP contribution in [0.2, 0.25) is 0 Å². The first-order valence-corrected chi connectivity index (χ1v) is 3.57. The Hall–Kier alpha value is -1.32. The Kier molecular flexibility index (Phi) is 1.21. The van der Waals surface area contributed by atoms with E-state index in [1.54, 1.807) is 6.20 Å². The van der Waals surface area contributed by atoms with Crippen molar-refractivity contribution in [1.29, 1.82) is 0 Å². The Labute approximate surface area is 63.6 Å². The average Bonchev–Trinajstić information content (AvgIpc) is 1.91. The molecule has 0 saturated carbocycles. The second-order valence-electron chi connectivity index (χ2n) is 2.81. The molecule has 11 heavy (non-hydrogen) atoms.